The Morgan fingerprint density at radius 2 is 2.13 bits per heavy atom. The maximum atomic E-state index is 12.4. The third kappa shape index (κ3) is 4.31. The molecule has 0 aromatic heterocycles. The first kappa shape index (κ1) is 17.9. The van der Waals surface area contributed by atoms with E-state index in [1.165, 1.54) is 0 Å². The van der Waals surface area contributed by atoms with E-state index in [4.69, 9.17) is 17.0 Å². The number of methoxy groups -OCH3 is 1. The molecule has 1 heterocycles. The fraction of sp³-hybridized carbons (Fsp3) is 0.286. The second-order valence-electron chi connectivity index (χ2n) is 4.77. The van der Waals surface area contributed by atoms with E-state index in [9.17, 15) is 17.8 Å². The largest absolute Gasteiger partial charge is 0.748 e. The zero-order valence-corrected chi connectivity index (χ0v) is 14.9. The number of carbonyl (C=O) groups excluding carboxylic acids is 1. The first-order valence-corrected chi connectivity index (χ1v) is 9.35. The van der Waals surface area contributed by atoms with Crippen LogP contribution in [0, 0.1) is 0 Å². The van der Waals surface area contributed by atoms with Crippen LogP contribution in [0.3, 0.4) is 0 Å². The van der Waals surface area contributed by atoms with Gasteiger partial charge in [-0.2, -0.15) is 0 Å². The molecule has 0 spiro atoms. The molecule has 1 fully saturated rings. The molecule has 2 rings (SSSR count). The van der Waals surface area contributed by atoms with Crippen molar-refractivity contribution >= 4 is 49.9 Å². The van der Waals surface area contributed by atoms with Crippen molar-refractivity contribution in [3.63, 3.8) is 0 Å². The minimum atomic E-state index is -4.40. The highest BCUT2D eigenvalue weighted by atomic mass is 32.2. The van der Waals surface area contributed by atoms with Crippen LogP contribution in [0.2, 0.25) is 0 Å². The van der Waals surface area contributed by atoms with Gasteiger partial charge in [0.2, 0.25) is 0 Å². The number of ether oxygens (including phenoxy) is 1. The van der Waals surface area contributed by atoms with Crippen LogP contribution < -0.4 is 4.74 Å². The molecule has 0 saturated carbocycles. The van der Waals surface area contributed by atoms with Crippen LogP contribution >= 0.6 is 24.0 Å². The van der Waals surface area contributed by atoms with Crippen molar-refractivity contribution in [1.29, 1.82) is 0 Å². The molecule has 9 heteroatoms. The Morgan fingerprint density at radius 1 is 1.43 bits per heavy atom. The van der Waals surface area contributed by atoms with Crippen LogP contribution in [0.15, 0.2) is 29.2 Å². The summed E-state index contributed by atoms with van der Waals surface area (Å²) in [5.41, 5.74) is 1.52. The summed E-state index contributed by atoms with van der Waals surface area (Å²) < 4.78 is 37.6. The third-order valence-electron chi connectivity index (χ3n) is 3.26. The average molecular weight is 372 g/mol. The number of rotatable bonds is 5. The highest BCUT2D eigenvalue weighted by molar-refractivity contribution is 8.26. The fourth-order valence-electron chi connectivity index (χ4n) is 2.01. The van der Waals surface area contributed by atoms with Crippen molar-refractivity contribution in [2.45, 2.75) is 6.92 Å². The molecule has 23 heavy (non-hydrogen) atoms. The van der Waals surface area contributed by atoms with Crippen molar-refractivity contribution < 1.29 is 22.5 Å². The maximum absolute atomic E-state index is 12.4. The number of benzene rings is 1. The van der Waals surface area contributed by atoms with Gasteiger partial charge in [0.25, 0.3) is 5.91 Å². The van der Waals surface area contributed by atoms with Gasteiger partial charge in [-0.05, 0) is 30.2 Å². The van der Waals surface area contributed by atoms with Gasteiger partial charge in [-0.15, -0.1) is 0 Å². The van der Waals surface area contributed by atoms with Gasteiger partial charge in [0.05, 0.1) is 27.9 Å². The smallest absolute Gasteiger partial charge is 0.266 e. The highest BCUT2D eigenvalue weighted by Crippen LogP contribution is 2.37. The standard InChI is InChI=1S/C14H15NO5S3/c1-9(10-4-3-5-11(8-10)20-2)12-13(16)15(14(21)22-12)6-7-23(17,18)19/h3-5,8H,6-7H2,1-2H3,(H,17,18,19)/p-1/b12-9+. The van der Waals surface area contributed by atoms with E-state index >= 15 is 0 Å². The molecule has 0 bridgehead atoms. The van der Waals surface area contributed by atoms with E-state index in [1.54, 1.807) is 26.2 Å². The summed E-state index contributed by atoms with van der Waals surface area (Å²) >= 11 is 6.21. The third-order valence-corrected chi connectivity index (χ3v) is 5.49. The predicted octanol–water partition coefficient (Wildman–Crippen LogP) is 1.83. The minimum absolute atomic E-state index is 0.231. The number of hydrogen-bond donors (Lipinski definition) is 0. The van der Waals surface area contributed by atoms with Crippen molar-refractivity contribution in [2.75, 3.05) is 19.4 Å². The number of amides is 1. The molecule has 0 aliphatic carbocycles. The van der Waals surface area contributed by atoms with Crippen molar-refractivity contribution in [3.05, 3.63) is 34.7 Å². The van der Waals surface area contributed by atoms with Crippen LogP contribution in [0.25, 0.3) is 5.57 Å². The van der Waals surface area contributed by atoms with Gasteiger partial charge < -0.3 is 9.29 Å². The number of allylic oxidation sites excluding steroid dienone is 1. The Balaban J connectivity index is 2.29. The van der Waals surface area contributed by atoms with E-state index in [2.05, 4.69) is 0 Å². The second kappa shape index (κ2) is 7.00. The summed E-state index contributed by atoms with van der Waals surface area (Å²) in [7, 11) is -2.85. The molecular formula is C14H14NO5S3-. The van der Waals surface area contributed by atoms with E-state index in [-0.39, 0.29) is 16.8 Å². The molecular weight excluding hydrogens is 358 g/mol. The van der Waals surface area contributed by atoms with Crippen LogP contribution in [0.1, 0.15) is 12.5 Å². The Hall–Kier alpha value is -1.42. The normalized spacial score (nSPS) is 17.6. The molecule has 1 aliphatic rings. The fourth-order valence-corrected chi connectivity index (χ4v) is 3.77. The highest BCUT2D eigenvalue weighted by Gasteiger charge is 2.33. The first-order chi connectivity index (χ1) is 10.7. The van der Waals surface area contributed by atoms with Crippen molar-refractivity contribution in [1.82, 2.24) is 4.90 Å². The van der Waals surface area contributed by atoms with E-state index < -0.39 is 15.9 Å². The van der Waals surface area contributed by atoms with Gasteiger partial charge in [0.15, 0.2) is 0 Å². The van der Waals surface area contributed by atoms with Gasteiger partial charge in [0.1, 0.15) is 10.1 Å². The van der Waals surface area contributed by atoms with Gasteiger partial charge in [-0.25, -0.2) is 8.42 Å². The summed E-state index contributed by atoms with van der Waals surface area (Å²) in [6.45, 7) is 1.55. The lowest BCUT2D eigenvalue weighted by Crippen LogP contribution is -2.33. The van der Waals surface area contributed by atoms with Gasteiger partial charge >= 0.3 is 0 Å². The molecule has 6 nitrogen and oxygen atoms in total. The number of carbonyl (C=O) groups is 1. The zero-order chi connectivity index (χ0) is 17.2. The lowest BCUT2D eigenvalue weighted by Gasteiger charge is -2.15. The minimum Gasteiger partial charge on any atom is -0.748 e. The van der Waals surface area contributed by atoms with Crippen LogP contribution in [-0.4, -0.2) is 47.5 Å². The Labute approximate surface area is 144 Å². The first-order valence-electron chi connectivity index (χ1n) is 6.55. The quantitative estimate of drug-likeness (QED) is 0.443. The maximum Gasteiger partial charge on any atom is 0.266 e. The summed E-state index contributed by atoms with van der Waals surface area (Å²) in [5, 5.41) is 0. The van der Waals surface area contributed by atoms with Crippen LogP contribution in [0.5, 0.6) is 5.75 Å². The summed E-state index contributed by atoms with van der Waals surface area (Å²) in [4.78, 5) is 14.0. The molecule has 1 aliphatic heterocycles. The lowest BCUT2D eigenvalue weighted by molar-refractivity contribution is -0.121. The molecule has 1 saturated heterocycles. The molecule has 124 valence electrons. The van der Waals surface area contributed by atoms with Crippen LogP contribution in [-0.2, 0) is 14.9 Å². The molecule has 0 N–H and O–H groups in total. The molecule has 0 radical (unpaired) electrons. The Morgan fingerprint density at radius 3 is 2.74 bits per heavy atom. The molecule has 1 aromatic rings. The Kier molecular flexibility index (Phi) is 5.45. The lowest BCUT2D eigenvalue weighted by atomic mass is 10.1. The van der Waals surface area contributed by atoms with E-state index in [0.717, 1.165) is 22.2 Å². The average Bonchev–Trinajstić information content (AvgIpc) is 2.78. The summed E-state index contributed by atoms with van der Waals surface area (Å²) in [5.74, 6) is -0.385. The predicted molar refractivity (Wildman–Crippen MR) is 92.1 cm³/mol. The summed E-state index contributed by atoms with van der Waals surface area (Å²) in [6, 6.07) is 7.24. The monoisotopic (exact) mass is 372 g/mol. The topological polar surface area (TPSA) is 86.7 Å². The van der Waals surface area contributed by atoms with Crippen molar-refractivity contribution in [2.24, 2.45) is 0 Å². The van der Waals surface area contributed by atoms with Crippen LogP contribution in [0.4, 0.5) is 0 Å². The van der Waals surface area contributed by atoms with Crippen molar-refractivity contribution in [3.8, 4) is 5.75 Å². The van der Waals surface area contributed by atoms with E-state index in [1.807, 2.05) is 12.1 Å². The molecule has 0 atom stereocenters. The van der Waals surface area contributed by atoms with E-state index in [0.29, 0.717) is 16.2 Å². The molecule has 0 unspecified atom stereocenters. The molecule has 1 amide bonds. The molecule has 1 aromatic carbocycles. The summed E-state index contributed by atoms with van der Waals surface area (Å²) in [6.07, 6.45) is 0. The zero-order valence-electron chi connectivity index (χ0n) is 12.4. The van der Waals surface area contributed by atoms with Gasteiger partial charge in [-0.1, -0.05) is 36.1 Å². The Bertz CT molecular complexity index is 785. The van der Waals surface area contributed by atoms with Gasteiger partial charge in [0, 0.05) is 6.54 Å². The second-order valence-corrected chi connectivity index (χ2v) is 7.94. The van der Waals surface area contributed by atoms with Gasteiger partial charge in [-0.3, -0.25) is 9.69 Å². The SMILES string of the molecule is COc1cccc(/C(C)=C2/SC(=S)N(CCS(=O)(=O)[O-])C2=O)c1. The number of thioether (sulfide) groups is 1. The number of nitrogens with zero attached hydrogens (tertiary/aromatic N) is 1. The number of hydrogen-bond acceptors (Lipinski definition) is 7. The number of thiocarbonyl (C=S) groups is 1.